The molecule has 15 heteroatoms. The van der Waals surface area contributed by atoms with E-state index in [4.69, 9.17) is 4.74 Å². The molecule has 2 spiro atoms. The highest BCUT2D eigenvalue weighted by molar-refractivity contribution is 8.00. The minimum atomic E-state index is -2.19. The van der Waals surface area contributed by atoms with Crippen molar-refractivity contribution in [3.05, 3.63) is 53.1 Å². The fourth-order valence-electron chi connectivity index (χ4n) is 10.2. The van der Waals surface area contributed by atoms with E-state index < -0.39 is 48.0 Å². The van der Waals surface area contributed by atoms with Gasteiger partial charge in [0.2, 0.25) is 18.0 Å². The summed E-state index contributed by atoms with van der Waals surface area (Å²) < 4.78 is 6.49. The predicted octanol–water partition coefficient (Wildman–Crippen LogP) is 3.80. The molecule has 0 radical (unpaired) electrons. The molecule has 6 atom stereocenters. The standard InChI is InChI=1S/C41H57N5O9S/c1-42-24-44-29(37(50)51)8-9-31(47)45-30(35(48)46-36(49)38(52)53)23-56-34-33-32-27(39(54)55-33)21-26(20-25-10-18-43-19-11-25)22-28(32)40(12-2-3-13-40)14-4-5-15-41(34)16-6-7-17-41/h10-11,18-19,21,27-30,34,36,42,44,49H,2-9,12-17,20,22-24H2,1H3,(H,45,47)(H,46,48)(H,50,51)(H,52,53)/t27-,28-,29+,30+,34+,36+/m1/s1. The number of allylic oxidation sites excluding steroid dienone is 1. The van der Waals surface area contributed by atoms with Crippen LogP contribution in [0.2, 0.25) is 0 Å². The fraction of sp³-hybridized carbons (Fsp3) is 0.659. The summed E-state index contributed by atoms with van der Waals surface area (Å²) in [5.74, 6) is -4.18. The molecule has 2 saturated carbocycles. The zero-order valence-electron chi connectivity index (χ0n) is 32.2. The number of ether oxygens (including phenoxy) is 1. The molecule has 14 nitrogen and oxygen atoms in total. The van der Waals surface area contributed by atoms with Gasteiger partial charge in [-0.05, 0) is 105 Å². The van der Waals surface area contributed by atoms with Crippen LogP contribution >= 0.6 is 11.8 Å². The lowest BCUT2D eigenvalue weighted by molar-refractivity contribution is -0.151. The number of carbonyl (C=O) groups is 5. The number of fused-ring (bicyclic) bond motifs is 1. The highest BCUT2D eigenvalue weighted by atomic mass is 32.2. The van der Waals surface area contributed by atoms with Crippen molar-refractivity contribution in [3.8, 4) is 0 Å². The lowest BCUT2D eigenvalue weighted by Gasteiger charge is -2.45. The van der Waals surface area contributed by atoms with E-state index in [0.29, 0.717) is 5.76 Å². The Balaban J connectivity index is 1.34. The van der Waals surface area contributed by atoms with Crippen molar-refractivity contribution in [1.82, 2.24) is 26.3 Å². The smallest absolute Gasteiger partial charge is 0.353 e. The minimum Gasteiger partial charge on any atom is -0.480 e. The van der Waals surface area contributed by atoms with Crippen molar-refractivity contribution < 1.29 is 44.0 Å². The molecular weight excluding hydrogens is 739 g/mol. The zero-order chi connectivity index (χ0) is 39.9. The molecule has 6 rings (SSSR count). The Morgan fingerprint density at radius 1 is 0.911 bits per heavy atom. The van der Waals surface area contributed by atoms with Gasteiger partial charge >= 0.3 is 17.9 Å². The average Bonchev–Trinajstić information content (AvgIpc) is 3.93. The van der Waals surface area contributed by atoms with E-state index in [2.05, 4.69) is 32.3 Å². The van der Waals surface area contributed by atoms with E-state index in [9.17, 15) is 39.3 Å². The van der Waals surface area contributed by atoms with Gasteiger partial charge in [-0.15, -0.1) is 11.8 Å². The number of pyridine rings is 1. The third kappa shape index (κ3) is 9.49. The van der Waals surface area contributed by atoms with E-state index in [1.165, 1.54) is 17.3 Å². The highest BCUT2D eigenvalue weighted by Crippen LogP contribution is 2.62. The van der Waals surface area contributed by atoms with E-state index in [-0.39, 0.29) is 53.2 Å². The topological polar surface area (TPSA) is 216 Å². The number of nitrogens with zero attached hydrogens (tertiary/aromatic N) is 1. The second kappa shape index (κ2) is 18.6. The van der Waals surface area contributed by atoms with Crippen LogP contribution in [0.1, 0.15) is 102 Å². The minimum absolute atomic E-state index is 0.00856. The Morgan fingerprint density at radius 3 is 2.12 bits per heavy atom. The molecule has 0 unspecified atom stereocenters. The first-order chi connectivity index (χ1) is 26.9. The SMILES string of the molecule is CNCN[C@@H](CCC(=O)N[C@@H](CS[C@H]1C2=C3[C@@H](C=C(Cc4ccncc4)C[C@H]3C3(CCCC3)CCCCC13CCCC3)C(=O)O2)C(=O)N[C@@H](O)C(=O)O)C(=O)O. The number of rotatable bonds is 16. The van der Waals surface area contributed by atoms with E-state index in [0.717, 1.165) is 101 Å². The maximum atomic E-state index is 14.1. The molecule has 0 saturated heterocycles. The van der Waals surface area contributed by atoms with Gasteiger partial charge in [0.25, 0.3) is 0 Å². The van der Waals surface area contributed by atoms with Crippen molar-refractivity contribution in [2.24, 2.45) is 22.7 Å². The number of thioether (sulfide) groups is 1. The maximum Gasteiger partial charge on any atom is 0.353 e. The normalized spacial score (nSPS) is 25.5. The third-order valence-electron chi connectivity index (χ3n) is 12.9. The van der Waals surface area contributed by atoms with Crippen LogP contribution in [-0.2, 0) is 35.1 Å². The highest BCUT2D eigenvalue weighted by Gasteiger charge is 2.55. The van der Waals surface area contributed by atoms with Crippen molar-refractivity contribution in [2.45, 2.75) is 126 Å². The molecule has 0 bridgehead atoms. The summed E-state index contributed by atoms with van der Waals surface area (Å²) in [6.07, 6.45) is 17.4. The molecule has 2 heterocycles. The van der Waals surface area contributed by atoms with Crippen LogP contribution in [0.15, 0.2) is 47.5 Å². The summed E-state index contributed by atoms with van der Waals surface area (Å²) in [5, 5.41) is 39.2. The fourth-order valence-corrected chi connectivity index (χ4v) is 11.9. The Bertz CT molecular complexity index is 1670. The maximum absolute atomic E-state index is 14.1. The zero-order valence-corrected chi connectivity index (χ0v) is 33.0. The number of aliphatic hydroxyl groups excluding tert-OH is 1. The van der Waals surface area contributed by atoms with Crippen LogP contribution < -0.4 is 21.3 Å². The molecular formula is C41H57N5O9S. The molecule has 1 aliphatic heterocycles. The summed E-state index contributed by atoms with van der Waals surface area (Å²) in [7, 11) is 1.66. The first-order valence-electron chi connectivity index (χ1n) is 20.2. The first-order valence-corrected chi connectivity index (χ1v) is 21.3. The van der Waals surface area contributed by atoms with Crippen LogP contribution in [0.4, 0.5) is 0 Å². The molecule has 1 aromatic heterocycles. The van der Waals surface area contributed by atoms with Gasteiger partial charge in [0.1, 0.15) is 23.8 Å². The van der Waals surface area contributed by atoms with Crippen LogP contribution in [0.25, 0.3) is 0 Å². The number of amides is 2. The number of hydrogen-bond acceptors (Lipinski definition) is 11. The molecule has 1 aromatic rings. The molecule has 2 fully saturated rings. The summed E-state index contributed by atoms with van der Waals surface area (Å²) in [5.41, 5.74) is 3.31. The largest absolute Gasteiger partial charge is 0.480 e. The summed E-state index contributed by atoms with van der Waals surface area (Å²) in [4.78, 5) is 68.5. The van der Waals surface area contributed by atoms with Gasteiger partial charge in [0, 0.05) is 31.2 Å². The van der Waals surface area contributed by atoms with Crippen LogP contribution in [-0.4, -0.2) is 93.1 Å². The molecule has 4 aliphatic carbocycles. The molecule has 306 valence electrons. The van der Waals surface area contributed by atoms with Gasteiger partial charge < -0.3 is 36.0 Å². The quantitative estimate of drug-likeness (QED) is 0.0721. The van der Waals surface area contributed by atoms with Gasteiger partial charge in [-0.25, -0.2) is 4.79 Å². The van der Waals surface area contributed by atoms with Crippen LogP contribution in [0.5, 0.6) is 0 Å². The van der Waals surface area contributed by atoms with E-state index in [1.807, 2.05) is 12.1 Å². The number of hydrogen-bond donors (Lipinski definition) is 7. The van der Waals surface area contributed by atoms with Crippen LogP contribution in [0, 0.1) is 22.7 Å². The molecule has 2 amide bonds. The lowest BCUT2D eigenvalue weighted by Crippen LogP contribution is -2.53. The van der Waals surface area contributed by atoms with Crippen molar-refractivity contribution in [2.75, 3.05) is 19.5 Å². The summed E-state index contributed by atoms with van der Waals surface area (Å²) in [6.45, 7) is 0.212. The molecule has 0 aromatic carbocycles. The number of carboxylic acids is 2. The van der Waals surface area contributed by atoms with Crippen molar-refractivity contribution in [1.29, 1.82) is 0 Å². The van der Waals surface area contributed by atoms with Gasteiger partial charge in [-0.1, -0.05) is 50.2 Å². The molecule has 5 aliphatic rings. The first kappa shape index (κ1) is 41.8. The number of aromatic nitrogens is 1. The predicted molar refractivity (Wildman–Crippen MR) is 209 cm³/mol. The summed E-state index contributed by atoms with van der Waals surface area (Å²) >= 11 is 1.46. The number of esters is 1. The number of nitrogens with one attached hydrogen (secondary N) is 4. The van der Waals surface area contributed by atoms with Gasteiger partial charge in [-0.2, -0.15) is 0 Å². The van der Waals surface area contributed by atoms with Gasteiger partial charge in [-0.3, -0.25) is 29.5 Å². The number of carboxylic acid groups (broad SMARTS) is 2. The second-order valence-corrected chi connectivity index (χ2v) is 17.6. The van der Waals surface area contributed by atoms with E-state index >= 15 is 0 Å². The van der Waals surface area contributed by atoms with Crippen molar-refractivity contribution in [3.63, 3.8) is 0 Å². The second-order valence-electron chi connectivity index (χ2n) is 16.4. The Hall–Kier alpha value is -3.79. The number of aliphatic hydroxyl groups is 1. The van der Waals surface area contributed by atoms with Crippen LogP contribution in [0.3, 0.4) is 0 Å². The van der Waals surface area contributed by atoms with Gasteiger partial charge in [0.05, 0.1) is 5.25 Å². The third-order valence-corrected chi connectivity index (χ3v) is 14.5. The Kier molecular flexibility index (Phi) is 13.9. The lowest BCUT2D eigenvalue weighted by atomic mass is 9.59. The summed E-state index contributed by atoms with van der Waals surface area (Å²) in [6, 6.07) is 1.76. The monoisotopic (exact) mass is 795 g/mol. The molecule has 56 heavy (non-hydrogen) atoms. The average molecular weight is 796 g/mol. The van der Waals surface area contributed by atoms with Crippen molar-refractivity contribution >= 4 is 41.5 Å². The Labute approximate surface area is 332 Å². The molecule has 7 N–H and O–H groups in total. The van der Waals surface area contributed by atoms with E-state index in [1.54, 1.807) is 19.4 Å². The number of aliphatic carboxylic acids is 2. The Morgan fingerprint density at radius 2 is 1.54 bits per heavy atom. The number of carbonyl (C=O) groups excluding carboxylic acids is 3. The van der Waals surface area contributed by atoms with Gasteiger partial charge in [0.15, 0.2) is 0 Å².